The van der Waals surface area contributed by atoms with Gasteiger partial charge in [0.2, 0.25) is 0 Å². The molecule has 0 aliphatic carbocycles. The summed E-state index contributed by atoms with van der Waals surface area (Å²) in [4.78, 5) is 23.6. The van der Waals surface area contributed by atoms with Crippen LogP contribution in [0.5, 0.6) is 0 Å². The molecular formula is C17H19N5O. The Morgan fingerprint density at radius 2 is 1.96 bits per heavy atom. The van der Waals surface area contributed by atoms with Crippen LogP contribution in [0.3, 0.4) is 0 Å². The Morgan fingerprint density at radius 3 is 2.52 bits per heavy atom. The molecule has 118 valence electrons. The second-order valence-corrected chi connectivity index (χ2v) is 5.38. The number of aromatic amines is 1. The molecule has 0 saturated heterocycles. The lowest BCUT2D eigenvalue weighted by Crippen LogP contribution is -2.12. The van der Waals surface area contributed by atoms with E-state index >= 15 is 0 Å². The van der Waals surface area contributed by atoms with Crippen molar-refractivity contribution in [1.29, 1.82) is 0 Å². The van der Waals surface area contributed by atoms with E-state index in [4.69, 9.17) is 0 Å². The average molecular weight is 309 g/mol. The van der Waals surface area contributed by atoms with E-state index in [9.17, 15) is 4.79 Å². The van der Waals surface area contributed by atoms with Gasteiger partial charge in [-0.2, -0.15) is 0 Å². The summed E-state index contributed by atoms with van der Waals surface area (Å²) in [6.45, 7) is 6.00. The minimum Gasteiger partial charge on any atom is -0.338 e. The predicted molar refractivity (Wildman–Crippen MR) is 89.0 cm³/mol. The van der Waals surface area contributed by atoms with Gasteiger partial charge in [0, 0.05) is 23.5 Å². The molecule has 0 saturated carbocycles. The number of aromatic nitrogens is 4. The SMILES string of the molecule is CCc1ncc(C(=O)Nc2ccc(-n3cnc(C)c3C)cc2)[nH]1. The Kier molecular flexibility index (Phi) is 3.97. The Bertz CT molecular complexity index is 829. The summed E-state index contributed by atoms with van der Waals surface area (Å²) in [5.74, 6) is 0.607. The van der Waals surface area contributed by atoms with Crippen LogP contribution in [-0.4, -0.2) is 25.4 Å². The van der Waals surface area contributed by atoms with Crippen molar-refractivity contribution in [1.82, 2.24) is 19.5 Å². The predicted octanol–water partition coefficient (Wildman–Crippen LogP) is 3.03. The number of hydrogen-bond acceptors (Lipinski definition) is 3. The first kappa shape index (κ1) is 15.0. The first-order chi connectivity index (χ1) is 11.1. The minimum atomic E-state index is -0.195. The van der Waals surface area contributed by atoms with Crippen LogP contribution >= 0.6 is 0 Å². The van der Waals surface area contributed by atoms with Gasteiger partial charge in [-0.25, -0.2) is 9.97 Å². The third kappa shape index (κ3) is 3.01. The van der Waals surface area contributed by atoms with Gasteiger partial charge < -0.3 is 14.9 Å². The van der Waals surface area contributed by atoms with Gasteiger partial charge in [-0.1, -0.05) is 6.92 Å². The molecule has 0 unspecified atom stereocenters. The number of anilines is 1. The smallest absolute Gasteiger partial charge is 0.273 e. The Morgan fingerprint density at radius 1 is 1.22 bits per heavy atom. The summed E-state index contributed by atoms with van der Waals surface area (Å²) in [7, 11) is 0. The fourth-order valence-electron chi connectivity index (χ4n) is 2.32. The van der Waals surface area contributed by atoms with Crippen molar-refractivity contribution in [3.63, 3.8) is 0 Å². The van der Waals surface area contributed by atoms with Gasteiger partial charge in [0.05, 0.1) is 18.2 Å². The first-order valence-electron chi connectivity index (χ1n) is 7.54. The number of nitrogens with one attached hydrogen (secondary N) is 2. The summed E-state index contributed by atoms with van der Waals surface area (Å²) >= 11 is 0. The van der Waals surface area contributed by atoms with Crippen molar-refractivity contribution < 1.29 is 4.79 Å². The number of benzene rings is 1. The summed E-state index contributed by atoms with van der Waals surface area (Å²) in [5.41, 5.74) is 4.32. The molecular weight excluding hydrogens is 290 g/mol. The quantitative estimate of drug-likeness (QED) is 0.778. The number of hydrogen-bond donors (Lipinski definition) is 2. The van der Waals surface area contributed by atoms with E-state index in [1.807, 2.05) is 49.6 Å². The lowest BCUT2D eigenvalue weighted by atomic mass is 10.2. The molecule has 0 fully saturated rings. The maximum atomic E-state index is 12.2. The molecule has 0 radical (unpaired) electrons. The Hall–Kier alpha value is -2.89. The fraction of sp³-hybridized carbons (Fsp3) is 0.235. The van der Waals surface area contributed by atoms with E-state index in [1.54, 1.807) is 12.5 Å². The van der Waals surface area contributed by atoms with Crippen LogP contribution in [0, 0.1) is 13.8 Å². The summed E-state index contributed by atoms with van der Waals surface area (Å²) in [5, 5.41) is 2.86. The van der Waals surface area contributed by atoms with E-state index in [-0.39, 0.29) is 5.91 Å². The molecule has 2 aromatic heterocycles. The normalized spacial score (nSPS) is 10.7. The van der Waals surface area contributed by atoms with Crippen LogP contribution in [0.1, 0.15) is 34.6 Å². The monoisotopic (exact) mass is 309 g/mol. The summed E-state index contributed by atoms with van der Waals surface area (Å²) in [6, 6.07) is 7.65. The number of rotatable bonds is 4. The number of H-pyrrole nitrogens is 1. The number of carbonyl (C=O) groups excluding carboxylic acids is 1. The van der Waals surface area contributed by atoms with E-state index in [0.29, 0.717) is 5.69 Å². The average Bonchev–Trinajstić information content (AvgIpc) is 3.16. The molecule has 2 N–H and O–H groups in total. The Balaban J connectivity index is 1.74. The van der Waals surface area contributed by atoms with Crippen LogP contribution in [0.4, 0.5) is 5.69 Å². The zero-order valence-corrected chi connectivity index (χ0v) is 13.4. The van der Waals surface area contributed by atoms with E-state index in [2.05, 4.69) is 20.3 Å². The van der Waals surface area contributed by atoms with Crippen molar-refractivity contribution in [3.8, 4) is 5.69 Å². The molecule has 3 rings (SSSR count). The number of nitrogens with zero attached hydrogens (tertiary/aromatic N) is 3. The summed E-state index contributed by atoms with van der Waals surface area (Å²) in [6.07, 6.45) is 4.13. The van der Waals surface area contributed by atoms with Crippen LogP contribution in [-0.2, 0) is 6.42 Å². The van der Waals surface area contributed by atoms with Gasteiger partial charge in [-0.05, 0) is 38.1 Å². The third-order valence-corrected chi connectivity index (χ3v) is 3.86. The van der Waals surface area contributed by atoms with E-state index in [0.717, 1.165) is 35.0 Å². The molecule has 0 aliphatic heterocycles. The number of amides is 1. The second-order valence-electron chi connectivity index (χ2n) is 5.38. The van der Waals surface area contributed by atoms with Crippen molar-refractivity contribution in [3.05, 3.63) is 59.7 Å². The zero-order chi connectivity index (χ0) is 16.4. The van der Waals surface area contributed by atoms with Gasteiger partial charge in [-0.3, -0.25) is 4.79 Å². The molecule has 0 aliphatic rings. The second kappa shape index (κ2) is 6.08. The molecule has 0 spiro atoms. The summed E-state index contributed by atoms with van der Waals surface area (Å²) < 4.78 is 2.02. The lowest BCUT2D eigenvalue weighted by Gasteiger charge is -2.08. The highest BCUT2D eigenvalue weighted by Gasteiger charge is 2.10. The fourth-order valence-corrected chi connectivity index (χ4v) is 2.32. The highest BCUT2D eigenvalue weighted by Crippen LogP contribution is 2.17. The first-order valence-corrected chi connectivity index (χ1v) is 7.54. The Labute approximate surface area is 134 Å². The van der Waals surface area contributed by atoms with Crippen LogP contribution < -0.4 is 5.32 Å². The zero-order valence-electron chi connectivity index (χ0n) is 13.4. The number of imidazole rings is 2. The third-order valence-electron chi connectivity index (χ3n) is 3.86. The van der Waals surface area contributed by atoms with Gasteiger partial charge in [0.1, 0.15) is 11.5 Å². The molecule has 23 heavy (non-hydrogen) atoms. The van der Waals surface area contributed by atoms with Crippen molar-refractivity contribution in [2.45, 2.75) is 27.2 Å². The highest BCUT2D eigenvalue weighted by molar-refractivity contribution is 6.02. The lowest BCUT2D eigenvalue weighted by molar-refractivity contribution is 0.102. The topological polar surface area (TPSA) is 75.6 Å². The van der Waals surface area contributed by atoms with Gasteiger partial charge in [0.25, 0.3) is 5.91 Å². The molecule has 1 aromatic carbocycles. The molecule has 1 amide bonds. The molecule has 3 aromatic rings. The highest BCUT2D eigenvalue weighted by atomic mass is 16.1. The maximum Gasteiger partial charge on any atom is 0.273 e. The van der Waals surface area contributed by atoms with Gasteiger partial charge in [-0.15, -0.1) is 0 Å². The van der Waals surface area contributed by atoms with Crippen molar-refractivity contribution in [2.75, 3.05) is 5.32 Å². The van der Waals surface area contributed by atoms with E-state index < -0.39 is 0 Å². The standard InChI is InChI=1S/C17H19N5O/c1-4-16-18-9-15(21-16)17(23)20-13-5-7-14(8-6-13)22-10-19-11(2)12(22)3/h5-10H,4H2,1-3H3,(H,18,21)(H,20,23). The van der Waals surface area contributed by atoms with Crippen molar-refractivity contribution >= 4 is 11.6 Å². The van der Waals surface area contributed by atoms with Crippen LogP contribution in [0.15, 0.2) is 36.8 Å². The molecule has 0 atom stereocenters. The van der Waals surface area contributed by atoms with Crippen LogP contribution in [0.2, 0.25) is 0 Å². The maximum absolute atomic E-state index is 12.2. The van der Waals surface area contributed by atoms with Gasteiger partial charge in [0.15, 0.2) is 0 Å². The largest absolute Gasteiger partial charge is 0.338 e. The molecule has 6 heteroatoms. The van der Waals surface area contributed by atoms with E-state index in [1.165, 1.54) is 0 Å². The van der Waals surface area contributed by atoms with Crippen LogP contribution in [0.25, 0.3) is 5.69 Å². The molecule has 2 heterocycles. The number of aryl methyl sites for hydroxylation is 2. The molecule has 6 nitrogen and oxygen atoms in total. The molecule has 0 bridgehead atoms. The van der Waals surface area contributed by atoms with Gasteiger partial charge >= 0.3 is 0 Å². The number of carbonyl (C=O) groups is 1. The minimum absolute atomic E-state index is 0.195. The van der Waals surface area contributed by atoms with Crippen molar-refractivity contribution in [2.24, 2.45) is 0 Å².